The summed E-state index contributed by atoms with van der Waals surface area (Å²) in [7, 11) is 0. The smallest absolute Gasteiger partial charge is 0.163 e. The summed E-state index contributed by atoms with van der Waals surface area (Å²) < 4.78 is 13.4. The highest BCUT2D eigenvalue weighted by Crippen LogP contribution is 2.28. The SMILES string of the molecule is CCC1CC(=O)c2cccc(F)c2C1. The Bertz CT molecular complexity index is 371. The lowest BCUT2D eigenvalue weighted by molar-refractivity contribution is 0.0946. The number of carbonyl (C=O) groups is 1. The zero-order chi connectivity index (χ0) is 10.1. The van der Waals surface area contributed by atoms with Gasteiger partial charge in [-0.2, -0.15) is 0 Å². The highest BCUT2D eigenvalue weighted by molar-refractivity contribution is 5.98. The van der Waals surface area contributed by atoms with Gasteiger partial charge in [0.05, 0.1) is 0 Å². The molecule has 0 fully saturated rings. The third-order valence-electron chi connectivity index (χ3n) is 2.96. The molecule has 2 heteroatoms. The Hall–Kier alpha value is -1.18. The van der Waals surface area contributed by atoms with Crippen LogP contribution in [0.3, 0.4) is 0 Å². The Balaban J connectivity index is 2.45. The second-order valence-corrected chi connectivity index (χ2v) is 3.87. The molecule has 0 bridgehead atoms. The maximum atomic E-state index is 13.4. The lowest BCUT2D eigenvalue weighted by Crippen LogP contribution is -2.20. The van der Waals surface area contributed by atoms with Crippen LogP contribution in [0.15, 0.2) is 18.2 Å². The lowest BCUT2D eigenvalue weighted by atomic mass is 9.81. The van der Waals surface area contributed by atoms with Crippen molar-refractivity contribution in [3.63, 3.8) is 0 Å². The number of carbonyl (C=O) groups excluding carboxylic acids is 1. The summed E-state index contributed by atoms with van der Waals surface area (Å²) in [5.41, 5.74) is 1.21. The summed E-state index contributed by atoms with van der Waals surface area (Å²) in [6.07, 6.45) is 2.23. The van der Waals surface area contributed by atoms with Crippen molar-refractivity contribution in [2.45, 2.75) is 26.2 Å². The molecule has 0 N–H and O–H groups in total. The second kappa shape index (κ2) is 3.52. The predicted octanol–water partition coefficient (Wildman–Crippen LogP) is 2.98. The van der Waals surface area contributed by atoms with E-state index in [4.69, 9.17) is 0 Å². The molecule has 1 nitrogen and oxygen atoms in total. The molecule has 1 aliphatic carbocycles. The Morgan fingerprint density at radius 2 is 2.21 bits per heavy atom. The van der Waals surface area contributed by atoms with Crippen molar-refractivity contribution in [2.24, 2.45) is 5.92 Å². The van der Waals surface area contributed by atoms with Crippen molar-refractivity contribution in [1.82, 2.24) is 0 Å². The summed E-state index contributed by atoms with van der Waals surface area (Å²) in [6, 6.07) is 4.77. The lowest BCUT2D eigenvalue weighted by Gasteiger charge is -2.22. The van der Waals surface area contributed by atoms with E-state index in [1.165, 1.54) is 6.07 Å². The number of ketones is 1. The number of fused-ring (bicyclic) bond motifs is 1. The van der Waals surface area contributed by atoms with Gasteiger partial charge in [-0.25, -0.2) is 4.39 Å². The van der Waals surface area contributed by atoms with Gasteiger partial charge in [-0.3, -0.25) is 4.79 Å². The average molecular weight is 192 g/mol. The first-order valence-electron chi connectivity index (χ1n) is 5.03. The molecule has 0 radical (unpaired) electrons. The minimum atomic E-state index is -0.228. The molecule has 1 aromatic rings. The Labute approximate surface area is 82.9 Å². The van der Waals surface area contributed by atoms with Crippen LogP contribution in [0.1, 0.15) is 35.7 Å². The highest BCUT2D eigenvalue weighted by Gasteiger charge is 2.25. The van der Waals surface area contributed by atoms with Crippen LogP contribution in [0.25, 0.3) is 0 Å². The fraction of sp³-hybridized carbons (Fsp3) is 0.417. The van der Waals surface area contributed by atoms with E-state index in [2.05, 4.69) is 0 Å². The fourth-order valence-electron chi connectivity index (χ4n) is 2.05. The average Bonchev–Trinajstić information content (AvgIpc) is 2.19. The third-order valence-corrected chi connectivity index (χ3v) is 2.96. The summed E-state index contributed by atoms with van der Waals surface area (Å²) >= 11 is 0. The Kier molecular flexibility index (Phi) is 2.36. The van der Waals surface area contributed by atoms with Gasteiger partial charge < -0.3 is 0 Å². The molecule has 0 spiro atoms. The molecule has 0 aliphatic heterocycles. The monoisotopic (exact) mass is 192 g/mol. The molecule has 1 atom stereocenters. The van der Waals surface area contributed by atoms with Crippen LogP contribution in [-0.4, -0.2) is 5.78 Å². The third kappa shape index (κ3) is 1.45. The zero-order valence-electron chi connectivity index (χ0n) is 8.22. The van der Waals surface area contributed by atoms with E-state index in [1.807, 2.05) is 6.92 Å². The van der Waals surface area contributed by atoms with Gasteiger partial charge in [0, 0.05) is 12.0 Å². The van der Waals surface area contributed by atoms with Crippen LogP contribution >= 0.6 is 0 Å². The van der Waals surface area contributed by atoms with E-state index in [1.54, 1.807) is 12.1 Å². The molecule has 2 rings (SSSR count). The van der Waals surface area contributed by atoms with Crippen LogP contribution in [0.5, 0.6) is 0 Å². The van der Waals surface area contributed by atoms with Crippen molar-refractivity contribution in [1.29, 1.82) is 0 Å². The minimum Gasteiger partial charge on any atom is -0.294 e. The summed E-state index contributed by atoms with van der Waals surface area (Å²) in [4.78, 5) is 11.6. The molecule has 0 heterocycles. The maximum Gasteiger partial charge on any atom is 0.163 e. The number of halogens is 1. The number of hydrogen-bond acceptors (Lipinski definition) is 1. The zero-order valence-corrected chi connectivity index (χ0v) is 8.22. The van der Waals surface area contributed by atoms with Gasteiger partial charge in [0.2, 0.25) is 0 Å². The number of hydrogen-bond donors (Lipinski definition) is 0. The highest BCUT2D eigenvalue weighted by atomic mass is 19.1. The van der Waals surface area contributed by atoms with Gasteiger partial charge in [-0.1, -0.05) is 25.5 Å². The number of rotatable bonds is 1. The summed E-state index contributed by atoms with van der Waals surface area (Å²) in [5.74, 6) is 0.193. The topological polar surface area (TPSA) is 17.1 Å². The first-order chi connectivity index (χ1) is 6.72. The predicted molar refractivity (Wildman–Crippen MR) is 52.8 cm³/mol. The quantitative estimate of drug-likeness (QED) is 0.668. The summed E-state index contributed by atoms with van der Waals surface area (Å²) in [5, 5.41) is 0. The van der Waals surface area contributed by atoms with Crippen molar-refractivity contribution in [3.05, 3.63) is 35.1 Å². The van der Waals surface area contributed by atoms with Crippen molar-refractivity contribution in [3.8, 4) is 0 Å². The van der Waals surface area contributed by atoms with E-state index in [9.17, 15) is 9.18 Å². The largest absolute Gasteiger partial charge is 0.294 e. The molecule has 74 valence electrons. The van der Waals surface area contributed by atoms with E-state index >= 15 is 0 Å². The van der Waals surface area contributed by atoms with Crippen molar-refractivity contribution in [2.75, 3.05) is 0 Å². The fourth-order valence-corrected chi connectivity index (χ4v) is 2.05. The van der Waals surface area contributed by atoms with Crippen LogP contribution < -0.4 is 0 Å². The molecule has 1 aliphatic rings. The first kappa shape index (κ1) is 9.38. The first-order valence-corrected chi connectivity index (χ1v) is 5.03. The molecule has 1 unspecified atom stereocenters. The standard InChI is InChI=1S/C12H13FO/c1-2-8-6-10-9(12(14)7-8)4-3-5-11(10)13/h3-5,8H,2,6-7H2,1H3. The Morgan fingerprint density at radius 1 is 1.43 bits per heavy atom. The molecular formula is C12H13FO. The van der Waals surface area contributed by atoms with Gasteiger partial charge in [0.1, 0.15) is 5.82 Å². The normalized spacial score (nSPS) is 20.7. The van der Waals surface area contributed by atoms with Gasteiger partial charge in [0.25, 0.3) is 0 Å². The van der Waals surface area contributed by atoms with Crippen molar-refractivity contribution >= 4 is 5.78 Å². The summed E-state index contributed by atoms with van der Waals surface area (Å²) in [6.45, 7) is 2.05. The van der Waals surface area contributed by atoms with Crippen LogP contribution in [0.4, 0.5) is 4.39 Å². The van der Waals surface area contributed by atoms with E-state index in [0.29, 0.717) is 29.9 Å². The van der Waals surface area contributed by atoms with Crippen LogP contribution in [0, 0.1) is 11.7 Å². The molecule has 0 amide bonds. The van der Waals surface area contributed by atoms with Gasteiger partial charge in [-0.05, 0) is 24.0 Å². The minimum absolute atomic E-state index is 0.0950. The molecule has 0 saturated carbocycles. The van der Waals surface area contributed by atoms with Gasteiger partial charge in [-0.15, -0.1) is 0 Å². The molecule has 0 aromatic heterocycles. The van der Waals surface area contributed by atoms with Crippen LogP contribution in [0.2, 0.25) is 0 Å². The van der Waals surface area contributed by atoms with Crippen LogP contribution in [-0.2, 0) is 6.42 Å². The van der Waals surface area contributed by atoms with Gasteiger partial charge in [0.15, 0.2) is 5.78 Å². The van der Waals surface area contributed by atoms with E-state index < -0.39 is 0 Å². The molecular weight excluding hydrogens is 179 g/mol. The Morgan fingerprint density at radius 3 is 2.93 bits per heavy atom. The van der Waals surface area contributed by atoms with E-state index in [0.717, 1.165) is 6.42 Å². The maximum absolute atomic E-state index is 13.4. The molecule has 1 aromatic carbocycles. The van der Waals surface area contributed by atoms with Crippen molar-refractivity contribution < 1.29 is 9.18 Å². The number of Topliss-reactive ketones (excluding diaryl/α,β-unsaturated/α-hetero) is 1. The number of benzene rings is 1. The van der Waals surface area contributed by atoms with Gasteiger partial charge >= 0.3 is 0 Å². The van der Waals surface area contributed by atoms with E-state index in [-0.39, 0.29) is 11.6 Å². The molecule has 0 saturated heterocycles. The molecule has 14 heavy (non-hydrogen) atoms. The second-order valence-electron chi connectivity index (χ2n) is 3.87.